The maximum Gasteiger partial charge on any atom is 0.387 e. The van der Waals surface area contributed by atoms with Crippen LogP contribution in [0.4, 0.5) is 8.78 Å². The number of hydrogen-bond donors (Lipinski definition) is 2. The first-order valence-electron chi connectivity index (χ1n) is 6.68. The predicted octanol–water partition coefficient (Wildman–Crippen LogP) is 1.76. The fourth-order valence-corrected chi connectivity index (χ4v) is 2.06. The summed E-state index contributed by atoms with van der Waals surface area (Å²) in [4.78, 5) is 12.1. The van der Waals surface area contributed by atoms with Crippen molar-refractivity contribution in [3.63, 3.8) is 0 Å². The van der Waals surface area contributed by atoms with Crippen LogP contribution in [0.2, 0.25) is 0 Å². The van der Waals surface area contributed by atoms with Gasteiger partial charge in [-0.25, -0.2) is 0 Å². The third kappa shape index (κ3) is 4.04. The molecule has 0 aromatic heterocycles. The van der Waals surface area contributed by atoms with E-state index >= 15 is 0 Å². The molecule has 0 radical (unpaired) electrons. The minimum atomic E-state index is -3.04. The van der Waals surface area contributed by atoms with Crippen molar-refractivity contribution in [1.29, 1.82) is 0 Å². The number of carbonyl (C=O) groups excluding carboxylic acids is 1. The number of ether oxygens (including phenoxy) is 2. The highest BCUT2D eigenvalue weighted by atomic mass is 19.3. The third-order valence-corrected chi connectivity index (χ3v) is 3.38. The van der Waals surface area contributed by atoms with Gasteiger partial charge in [-0.3, -0.25) is 4.79 Å². The van der Waals surface area contributed by atoms with E-state index in [4.69, 9.17) is 10.5 Å². The first-order valence-corrected chi connectivity index (χ1v) is 6.68. The first-order chi connectivity index (χ1) is 10.0. The zero-order valence-electron chi connectivity index (χ0n) is 11.6. The molecule has 1 saturated carbocycles. The number of hydrogen-bond acceptors (Lipinski definition) is 4. The smallest absolute Gasteiger partial charge is 0.387 e. The second-order valence-corrected chi connectivity index (χ2v) is 4.93. The van der Waals surface area contributed by atoms with Crippen molar-refractivity contribution >= 4 is 5.91 Å². The van der Waals surface area contributed by atoms with Crippen LogP contribution in [0.3, 0.4) is 0 Å². The van der Waals surface area contributed by atoms with Crippen molar-refractivity contribution in [3.8, 4) is 11.5 Å². The number of halogens is 2. The van der Waals surface area contributed by atoms with E-state index in [9.17, 15) is 13.6 Å². The molecule has 1 aliphatic rings. The highest BCUT2D eigenvalue weighted by molar-refractivity contribution is 5.97. The average Bonchev–Trinajstić information content (AvgIpc) is 3.28. The number of rotatable bonds is 7. The van der Waals surface area contributed by atoms with Gasteiger partial charge in [-0.1, -0.05) is 6.07 Å². The number of para-hydroxylation sites is 1. The van der Waals surface area contributed by atoms with E-state index in [1.165, 1.54) is 25.3 Å². The number of nitrogens with one attached hydrogen (secondary N) is 1. The van der Waals surface area contributed by atoms with Crippen molar-refractivity contribution < 1.29 is 23.0 Å². The maximum atomic E-state index is 12.5. The molecular weight excluding hydrogens is 282 g/mol. The minimum Gasteiger partial charge on any atom is -0.493 e. The molecule has 21 heavy (non-hydrogen) atoms. The van der Waals surface area contributed by atoms with Crippen LogP contribution < -0.4 is 20.5 Å². The van der Waals surface area contributed by atoms with Crippen LogP contribution in [0, 0.1) is 5.92 Å². The molecule has 1 fully saturated rings. The SMILES string of the molecule is COc1cccc(C(=O)NCC(N)C2CC2)c1OC(F)F. The molecule has 0 heterocycles. The van der Waals surface area contributed by atoms with Crippen molar-refractivity contribution in [2.75, 3.05) is 13.7 Å². The molecule has 0 saturated heterocycles. The highest BCUT2D eigenvalue weighted by Gasteiger charge is 2.29. The maximum absolute atomic E-state index is 12.5. The van der Waals surface area contributed by atoms with Gasteiger partial charge in [-0.2, -0.15) is 8.78 Å². The van der Waals surface area contributed by atoms with Crippen LogP contribution in [0.1, 0.15) is 23.2 Å². The molecule has 1 aromatic rings. The monoisotopic (exact) mass is 300 g/mol. The zero-order chi connectivity index (χ0) is 15.4. The molecule has 0 spiro atoms. The minimum absolute atomic E-state index is 0.00218. The Bertz CT molecular complexity index is 507. The molecule has 1 atom stereocenters. The lowest BCUT2D eigenvalue weighted by atomic mass is 10.1. The Balaban J connectivity index is 2.10. The first kappa shape index (κ1) is 15.5. The second-order valence-electron chi connectivity index (χ2n) is 4.93. The van der Waals surface area contributed by atoms with Gasteiger partial charge in [0.15, 0.2) is 11.5 Å². The summed E-state index contributed by atoms with van der Waals surface area (Å²) in [6.45, 7) is -2.74. The molecule has 116 valence electrons. The lowest BCUT2D eigenvalue weighted by Crippen LogP contribution is -2.38. The third-order valence-electron chi connectivity index (χ3n) is 3.38. The van der Waals surface area contributed by atoms with Gasteiger partial charge in [0, 0.05) is 12.6 Å². The normalized spacial score (nSPS) is 15.7. The molecule has 7 heteroatoms. The van der Waals surface area contributed by atoms with Crippen LogP contribution in [-0.4, -0.2) is 32.2 Å². The van der Waals surface area contributed by atoms with Gasteiger partial charge in [0.2, 0.25) is 0 Å². The van der Waals surface area contributed by atoms with Gasteiger partial charge in [0.05, 0.1) is 12.7 Å². The van der Waals surface area contributed by atoms with Gasteiger partial charge < -0.3 is 20.5 Å². The standard InChI is InChI=1S/C14H18F2N2O3/c1-20-11-4-2-3-9(12(11)21-14(15)16)13(19)18-7-10(17)8-5-6-8/h2-4,8,10,14H,5-7,17H2,1H3,(H,18,19). The largest absolute Gasteiger partial charge is 0.493 e. The number of benzene rings is 1. The zero-order valence-corrected chi connectivity index (χ0v) is 11.6. The van der Waals surface area contributed by atoms with E-state index in [0.717, 1.165) is 12.8 Å². The Morgan fingerprint density at radius 1 is 1.48 bits per heavy atom. The number of alkyl halides is 2. The molecule has 1 unspecified atom stereocenters. The van der Waals surface area contributed by atoms with Gasteiger partial charge >= 0.3 is 6.61 Å². The number of methoxy groups -OCH3 is 1. The van der Waals surface area contributed by atoms with Crippen LogP contribution in [-0.2, 0) is 0 Å². The van der Waals surface area contributed by atoms with Crippen molar-refractivity contribution in [2.45, 2.75) is 25.5 Å². The molecule has 0 aliphatic heterocycles. The molecule has 5 nitrogen and oxygen atoms in total. The summed E-state index contributed by atoms with van der Waals surface area (Å²) < 4.78 is 34.3. The summed E-state index contributed by atoms with van der Waals surface area (Å²) in [5.41, 5.74) is 5.89. The Hall–Kier alpha value is -1.89. The molecule has 1 aliphatic carbocycles. The van der Waals surface area contributed by atoms with Gasteiger partial charge in [-0.05, 0) is 30.9 Å². The van der Waals surface area contributed by atoms with Crippen LogP contribution in [0.5, 0.6) is 11.5 Å². The van der Waals surface area contributed by atoms with Gasteiger partial charge in [-0.15, -0.1) is 0 Å². The average molecular weight is 300 g/mol. The number of nitrogens with two attached hydrogens (primary N) is 1. The summed E-state index contributed by atoms with van der Waals surface area (Å²) in [7, 11) is 1.32. The van der Waals surface area contributed by atoms with Crippen molar-refractivity contribution in [1.82, 2.24) is 5.32 Å². The van der Waals surface area contributed by atoms with Gasteiger partial charge in [0.1, 0.15) is 0 Å². The molecule has 2 rings (SSSR count). The van der Waals surface area contributed by atoms with Crippen LogP contribution in [0.25, 0.3) is 0 Å². The molecule has 3 N–H and O–H groups in total. The number of carbonyl (C=O) groups is 1. The van der Waals surface area contributed by atoms with Gasteiger partial charge in [0.25, 0.3) is 5.91 Å². The Labute approximate surface area is 121 Å². The molecule has 1 aromatic carbocycles. The lowest BCUT2D eigenvalue weighted by Gasteiger charge is -2.15. The Morgan fingerprint density at radius 2 is 2.19 bits per heavy atom. The lowest BCUT2D eigenvalue weighted by molar-refractivity contribution is -0.0515. The topological polar surface area (TPSA) is 73.6 Å². The van der Waals surface area contributed by atoms with E-state index in [1.54, 1.807) is 0 Å². The summed E-state index contributed by atoms with van der Waals surface area (Å²) in [5.74, 6) is -0.269. The van der Waals surface area contributed by atoms with E-state index in [0.29, 0.717) is 12.5 Å². The summed E-state index contributed by atoms with van der Waals surface area (Å²) in [6, 6.07) is 4.27. The van der Waals surface area contributed by atoms with E-state index < -0.39 is 12.5 Å². The highest BCUT2D eigenvalue weighted by Crippen LogP contribution is 2.33. The molecule has 1 amide bonds. The van der Waals surface area contributed by atoms with E-state index in [2.05, 4.69) is 10.1 Å². The van der Waals surface area contributed by atoms with Crippen LogP contribution in [0.15, 0.2) is 18.2 Å². The molecular formula is C14H18F2N2O3. The Kier molecular flexibility index (Phi) is 4.95. The number of amides is 1. The summed E-state index contributed by atoms with van der Waals surface area (Å²) >= 11 is 0. The predicted molar refractivity (Wildman–Crippen MR) is 72.7 cm³/mol. The van der Waals surface area contributed by atoms with Crippen molar-refractivity contribution in [3.05, 3.63) is 23.8 Å². The van der Waals surface area contributed by atoms with E-state index in [1.807, 2.05) is 0 Å². The van der Waals surface area contributed by atoms with Crippen LogP contribution >= 0.6 is 0 Å². The summed E-state index contributed by atoms with van der Waals surface area (Å²) in [6.07, 6.45) is 2.13. The second kappa shape index (κ2) is 6.71. The molecule has 0 bridgehead atoms. The van der Waals surface area contributed by atoms with Crippen molar-refractivity contribution in [2.24, 2.45) is 11.7 Å². The summed E-state index contributed by atoms with van der Waals surface area (Å²) in [5, 5.41) is 2.64. The fraction of sp³-hybridized carbons (Fsp3) is 0.500. The fourth-order valence-electron chi connectivity index (χ4n) is 2.06. The van der Waals surface area contributed by atoms with E-state index in [-0.39, 0.29) is 23.1 Å². The quantitative estimate of drug-likeness (QED) is 0.805. The Morgan fingerprint density at radius 3 is 2.76 bits per heavy atom.